The molecule has 0 aliphatic rings. The van der Waals surface area contributed by atoms with Crippen molar-refractivity contribution in [3.8, 4) is 22.4 Å². The first-order chi connectivity index (χ1) is 16.7. The van der Waals surface area contributed by atoms with Gasteiger partial charge in [-0.2, -0.15) is 18.3 Å². The lowest BCUT2D eigenvalue weighted by Gasteiger charge is -2.12. The van der Waals surface area contributed by atoms with E-state index >= 15 is 0 Å². The maximum atomic E-state index is 13.6. The minimum atomic E-state index is -4.81. The Labute approximate surface area is 196 Å². The summed E-state index contributed by atoms with van der Waals surface area (Å²) in [5, 5.41) is 8.31. The van der Waals surface area contributed by atoms with Crippen molar-refractivity contribution in [1.82, 2.24) is 19.7 Å². The Balaban J connectivity index is 1.47. The molecular weight excluding hydrogens is 460 g/mol. The normalized spacial score (nSPS) is 11.8. The molecule has 0 saturated carbocycles. The van der Waals surface area contributed by atoms with Gasteiger partial charge in [-0.05, 0) is 66.1 Å². The van der Waals surface area contributed by atoms with Gasteiger partial charge in [0.25, 0.3) is 5.56 Å². The molecule has 1 N–H and O–H groups in total. The fraction of sp³-hybridized carbons (Fsp3) is 0.115. The molecular formula is C26H18F4N4O. The summed E-state index contributed by atoms with van der Waals surface area (Å²) in [5.74, 6) is -1.35. The highest BCUT2D eigenvalue weighted by Gasteiger charge is 2.34. The van der Waals surface area contributed by atoms with E-state index in [0.29, 0.717) is 5.56 Å². The summed E-state index contributed by atoms with van der Waals surface area (Å²) in [4.78, 5) is 17.0. The highest BCUT2D eigenvalue weighted by molar-refractivity contribution is 5.95. The van der Waals surface area contributed by atoms with Crippen LogP contribution in [0, 0.1) is 12.7 Å². The molecule has 0 radical (unpaired) electrons. The van der Waals surface area contributed by atoms with Crippen molar-refractivity contribution in [3.63, 3.8) is 0 Å². The van der Waals surface area contributed by atoms with Gasteiger partial charge in [0, 0.05) is 35.1 Å². The number of nitrogens with one attached hydrogen (secondary N) is 1. The Bertz CT molecular complexity index is 1620. The van der Waals surface area contributed by atoms with Crippen LogP contribution in [-0.4, -0.2) is 19.7 Å². The number of H-pyrrole nitrogens is 1. The van der Waals surface area contributed by atoms with Gasteiger partial charge in [-0.1, -0.05) is 12.1 Å². The second kappa shape index (κ2) is 8.50. The monoisotopic (exact) mass is 478 g/mol. The highest BCUT2D eigenvalue weighted by Crippen LogP contribution is 2.32. The third-order valence-electron chi connectivity index (χ3n) is 5.75. The Morgan fingerprint density at radius 3 is 2.49 bits per heavy atom. The Morgan fingerprint density at radius 1 is 0.943 bits per heavy atom. The second-order valence-corrected chi connectivity index (χ2v) is 8.21. The molecule has 2 aromatic carbocycles. The number of halogens is 4. The van der Waals surface area contributed by atoms with E-state index in [-0.39, 0.29) is 12.1 Å². The molecule has 0 spiro atoms. The molecule has 0 bridgehead atoms. The molecule has 0 amide bonds. The number of pyridine rings is 2. The van der Waals surface area contributed by atoms with Gasteiger partial charge in [-0.3, -0.25) is 14.9 Å². The number of aromatic nitrogens is 4. The van der Waals surface area contributed by atoms with Gasteiger partial charge in [0.15, 0.2) is 0 Å². The average molecular weight is 478 g/mol. The van der Waals surface area contributed by atoms with E-state index in [1.54, 1.807) is 12.3 Å². The molecule has 3 heterocycles. The summed E-state index contributed by atoms with van der Waals surface area (Å²) in [5.41, 5.74) is 3.24. The van der Waals surface area contributed by atoms with Crippen molar-refractivity contribution >= 4 is 10.9 Å². The predicted molar refractivity (Wildman–Crippen MR) is 124 cm³/mol. The Morgan fingerprint density at radius 2 is 1.74 bits per heavy atom. The highest BCUT2D eigenvalue weighted by atomic mass is 19.4. The summed E-state index contributed by atoms with van der Waals surface area (Å²) in [6.45, 7) is 1.78. The molecule has 0 unspecified atom stereocenters. The number of aromatic amines is 1. The number of alkyl halides is 3. The zero-order valence-corrected chi connectivity index (χ0v) is 18.4. The number of hydrogen-bond acceptors (Lipinski definition) is 3. The van der Waals surface area contributed by atoms with Crippen LogP contribution in [-0.2, 0) is 12.7 Å². The van der Waals surface area contributed by atoms with Gasteiger partial charge >= 0.3 is 6.18 Å². The number of aryl methyl sites for hydroxylation is 1. The molecule has 0 aliphatic carbocycles. The molecule has 0 saturated heterocycles. The van der Waals surface area contributed by atoms with E-state index in [2.05, 4.69) is 15.2 Å². The smallest absolute Gasteiger partial charge is 0.311 e. The van der Waals surface area contributed by atoms with Crippen LogP contribution in [0.4, 0.5) is 17.6 Å². The van der Waals surface area contributed by atoms with Gasteiger partial charge in [-0.25, -0.2) is 4.39 Å². The van der Waals surface area contributed by atoms with Crippen molar-refractivity contribution in [3.05, 3.63) is 106 Å². The zero-order chi connectivity index (χ0) is 24.7. The van der Waals surface area contributed by atoms with Gasteiger partial charge in [0.05, 0.1) is 17.6 Å². The second-order valence-electron chi connectivity index (χ2n) is 8.21. The first-order valence-corrected chi connectivity index (χ1v) is 10.7. The lowest BCUT2D eigenvalue weighted by atomic mass is 10.0. The lowest BCUT2D eigenvalue weighted by Crippen LogP contribution is -2.19. The molecule has 0 atom stereocenters. The van der Waals surface area contributed by atoms with Crippen LogP contribution in [0.3, 0.4) is 0 Å². The summed E-state index contributed by atoms with van der Waals surface area (Å²) < 4.78 is 53.9. The van der Waals surface area contributed by atoms with Crippen LogP contribution in [0.15, 0.2) is 77.9 Å². The first-order valence-electron chi connectivity index (χ1n) is 10.7. The van der Waals surface area contributed by atoms with Gasteiger partial charge < -0.3 is 4.57 Å². The summed E-state index contributed by atoms with van der Waals surface area (Å²) in [6.07, 6.45) is -1.58. The largest absolute Gasteiger partial charge is 0.419 e. The van der Waals surface area contributed by atoms with Crippen molar-refractivity contribution in [2.24, 2.45) is 0 Å². The van der Waals surface area contributed by atoms with Crippen LogP contribution >= 0.6 is 0 Å². The van der Waals surface area contributed by atoms with Crippen LogP contribution < -0.4 is 5.56 Å². The van der Waals surface area contributed by atoms with E-state index in [4.69, 9.17) is 0 Å². The van der Waals surface area contributed by atoms with E-state index in [9.17, 15) is 22.4 Å². The SMILES string of the molecule is Cc1cc(-c2n[nH]c3ccc(-c4ccn(Cc5ccc(F)c(C(F)(F)F)c5)c(=O)c4)cc23)ccn1. The molecule has 0 aliphatic heterocycles. The van der Waals surface area contributed by atoms with Crippen molar-refractivity contribution in [2.75, 3.05) is 0 Å². The Hall–Kier alpha value is -4.27. The lowest BCUT2D eigenvalue weighted by molar-refractivity contribution is -0.140. The van der Waals surface area contributed by atoms with E-state index in [0.717, 1.165) is 45.6 Å². The molecule has 5 rings (SSSR count). The molecule has 35 heavy (non-hydrogen) atoms. The number of nitrogens with zero attached hydrogens (tertiary/aromatic N) is 3. The van der Waals surface area contributed by atoms with E-state index in [1.165, 1.54) is 22.9 Å². The number of fused-ring (bicyclic) bond motifs is 1. The van der Waals surface area contributed by atoms with Crippen LogP contribution in [0.25, 0.3) is 33.3 Å². The number of rotatable bonds is 4. The predicted octanol–water partition coefficient (Wildman–Crippen LogP) is 5.97. The minimum Gasteiger partial charge on any atom is -0.311 e. The van der Waals surface area contributed by atoms with Crippen molar-refractivity contribution < 1.29 is 17.6 Å². The van der Waals surface area contributed by atoms with Crippen LogP contribution in [0.2, 0.25) is 0 Å². The molecule has 3 aromatic heterocycles. The van der Waals surface area contributed by atoms with Crippen molar-refractivity contribution in [2.45, 2.75) is 19.6 Å². The van der Waals surface area contributed by atoms with Gasteiger partial charge in [0.1, 0.15) is 11.5 Å². The molecule has 0 fully saturated rings. The Kier molecular flexibility index (Phi) is 5.47. The van der Waals surface area contributed by atoms with Crippen LogP contribution in [0.5, 0.6) is 0 Å². The summed E-state index contributed by atoms with van der Waals surface area (Å²) in [7, 11) is 0. The first kappa shape index (κ1) is 22.5. The molecule has 9 heteroatoms. The zero-order valence-electron chi connectivity index (χ0n) is 18.4. The third kappa shape index (κ3) is 4.44. The van der Waals surface area contributed by atoms with Gasteiger partial charge in [-0.15, -0.1) is 0 Å². The summed E-state index contributed by atoms with van der Waals surface area (Å²) >= 11 is 0. The van der Waals surface area contributed by atoms with E-state index < -0.39 is 23.1 Å². The number of hydrogen-bond donors (Lipinski definition) is 1. The van der Waals surface area contributed by atoms with Crippen LogP contribution in [0.1, 0.15) is 16.8 Å². The topological polar surface area (TPSA) is 63.6 Å². The average Bonchev–Trinajstić information content (AvgIpc) is 3.24. The molecule has 5 aromatic rings. The standard InChI is InChI=1S/C26H18F4N4O/c1-15-10-19(6-8-31-15)25-20-12-17(3-5-23(20)32-33-25)18-7-9-34(24(35)13-18)14-16-2-4-22(27)21(11-16)26(28,29)30/h2-13H,14H2,1H3,(H,32,33). The van der Waals surface area contributed by atoms with E-state index in [1.807, 2.05) is 37.3 Å². The van der Waals surface area contributed by atoms with Gasteiger partial charge in [0.2, 0.25) is 0 Å². The maximum Gasteiger partial charge on any atom is 0.419 e. The molecule has 5 nitrogen and oxygen atoms in total. The third-order valence-corrected chi connectivity index (χ3v) is 5.75. The fourth-order valence-corrected chi connectivity index (χ4v) is 4.01. The summed E-state index contributed by atoms with van der Waals surface area (Å²) in [6, 6.07) is 15.3. The van der Waals surface area contributed by atoms with Crippen molar-refractivity contribution in [1.29, 1.82) is 0 Å². The fourth-order valence-electron chi connectivity index (χ4n) is 4.01. The molecule has 176 valence electrons. The minimum absolute atomic E-state index is 0.116. The number of benzene rings is 2. The quantitative estimate of drug-likeness (QED) is 0.324. The maximum absolute atomic E-state index is 13.6.